The van der Waals surface area contributed by atoms with Gasteiger partial charge in [-0.2, -0.15) is 0 Å². The van der Waals surface area contributed by atoms with Crippen LogP contribution in [0.1, 0.15) is 29.8 Å². The Balaban J connectivity index is 2.51. The molecule has 0 aliphatic heterocycles. The van der Waals surface area contributed by atoms with Crippen molar-refractivity contribution in [1.82, 2.24) is 4.98 Å². The van der Waals surface area contributed by atoms with Crippen LogP contribution in [0.5, 0.6) is 0 Å². The number of aliphatic hydroxyl groups is 1. The predicted octanol–water partition coefficient (Wildman–Crippen LogP) is 3.15. The molecule has 0 saturated heterocycles. The Labute approximate surface area is 144 Å². The van der Waals surface area contributed by atoms with Gasteiger partial charge in [0.25, 0.3) is 0 Å². The third-order valence-electron chi connectivity index (χ3n) is 3.87. The van der Waals surface area contributed by atoms with Crippen molar-refractivity contribution in [3.8, 4) is 11.3 Å². The standard InChI is InChI=1S/C18H23GeNO4/c1-18(2,22)14-10-16(20-11-15(14)19(3,4)5)12-6-8-13(9-7-12)17(21)24-23/h6-11,22-23H,1-5H3. The molecule has 1 aromatic heterocycles. The van der Waals surface area contributed by atoms with Gasteiger partial charge in [0.2, 0.25) is 0 Å². The second-order valence-electron chi connectivity index (χ2n) is 7.38. The van der Waals surface area contributed by atoms with Gasteiger partial charge in [-0.1, -0.05) is 0 Å². The number of hydrogen-bond donors (Lipinski definition) is 2. The monoisotopic (exact) mass is 391 g/mol. The Hall–Kier alpha value is -1.70. The first-order valence-electron chi connectivity index (χ1n) is 7.73. The first kappa shape index (κ1) is 18.6. The summed E-state index contributed by atoms with van der Waals surface area (Å²) in [5.41, 5.74) is 1.75. The predicted molar refractivity (Wildman–Crippen MR) is 95.9 cm³/mol. The molecular weight excluding hydrogens is 367 g/mol. The van der Waals surface area contributed by atoms with Gasteiger partial charge < -0.3 is 0 Å². The number of hydrogen-bond acceptors (Lipinski definition) is 5. The summed E-state index contributed by atoms with van der Waals surface area (Å²) in [5.74, 6) is 5.99. The summed E-state index contributed by atoms with van der Waals surface area (Å²) in [7, 11) is 0. The Morgan fingerprint density at radius 1 is 1.17 bits per heavy atom. The van der Waals surface area contributed by atoms with E-state index >= 15 is 0 Å². The molecule has 0 atom stereocenters. The van der Waals surface area contributed by atoms with E-state index in [1.54, 1.807) is 38.1 Å². The Morgan fingerprint density at radius 2 is 1.75 bits per heavy atom. The van der Waals surface area contributed by atoms with E-state index in [0.29, 0.717) is 0 Å². The van der Waals surface area contributed by atoms with Crippen LogP contribution in [0.3, 0.4) is 0 Å². The van der Waals surface area contributed by atoms with Crippen LogP contribution in [0.15, 0.2) is 36.5 Å². The maximum absolute atomic E-state index is 11.3. The summed E-state index contributed by atoms with van der Waals surface area (Å²) in [6.45, 7) is 3.56. The van der Waals surface area contributed by atoms with Crippen molar-refractivity contribution in [2.45, 2.75) is 36.7 Å². The average molecular weight is 390 g/mol. The maximum atomic E-state index is 11.3. The molecule has 1 aromatic carbocycles. The van der Waals surface area contributed by atoms with Crippen LogP contribution < -0.4 is 4.40 Å². The van der Waals surface area contributed by atoms with Gasteiger partial charge in [-0.25, -0.2) is 0 Å². The van der Waals surface area contributed by atoms with E-state index in [0.717, 1.165) is 16.8 Å². The quantitative estimate of drug-likeness (QED) is 0.477. The SMILES string of the molecule is CC(C)(O)c1cc(-c2ccc(C(=O)OO)cc2)nc[c]1[Ge]([CH3])([CH3])[CH3]. The van der Waals surface area contributed by atoms with Crippen molar-refractivity contribution in [1.29, 1.82) is 0 Å². The molecule has 1 heterocycles. The molecule has 2 aromatic rings. The molecule has 0 radical (unpaired) electrons. The van der Waals surface area contributed by atoms with Crippen LogP contribution in [-0.4, -0.2) is 34.6 Å². The van der Waals surface area contributed by atoms with E-state index in [1.165, 1.54) is 4.40 Å². The van der Waals surface area contributed by atoms with Gasteiger partial charge >= 0.3 is 144 Å². The molecule has 2 N–H and O–H groups in total. The Morgan fingerprint density at radius 3 is 2.21 bits per heavy atom. The minimum atomic E-state index is -2.18. The van der Waals surface area contributed by atoms with E-state index in [9.17, 15) is 9.90 Å². The van der Waals surface area contributed by atoms with Gasteiger partial charge in [0, 0.05) is 0 Å². The molecule has 5 nitrogen and oxygen atoms in total. The fourth-order valence-electron chi connectivity index (χ4n) is 2.55. The summed E-state index contributed by atoms with van der Waals surface area (Å²) in [6, 6.07) is 8.52. The number of benzene rings is 1. The molecule has 0 amide bonds. The average Bonchev–Trinajstić information content (AvgIpc) is 2.52. The van der Waals surface area contributed by atoms with Crippen molar-refractivity contribution in [2.75, 3.05) is 0 Å². The molecule has 2 rings (SSSR count). The number of rotatable bonds is 4. The number of carbonyl (C=O) groups excluding carboxylic acids is 1. The second-order valence-corrected chi connectivity index (χ2v) is 18.0. The van der Waals surface area contributed by atoms with Gasteiger partial charge in [0.1, 0.15) is 0 Å². The van der Waals surface area contributed by atoms with Crippen LogP contribution in [0.4, 0.5) is 0 Å². The molecule has 0 bridgehead atoms. The summed E-state index contributed by atoms with van der Waals surface area (Å²) in [5, 5.41) is 19.0. The Kier molecular flexibility index (Phi) is 5.17. The third-order valence-corrected chi connectivity index (χ3v) is 8.10. The topological polar surface area (TPSA) is 79.7 Å². The van der Waals surface area contributed by atoms with E-state index < -0.39 is 24.8 Å². The van der Waals surface area contributed by atoms with E-state index in [1.807, 2.05) is 12.3 Å². The fourth-order valence-corrected chi connectivity index (χ4v) is 5.98. The molecule has 0 aliphatic carbocycles. The van der Waals surface area contributed by atoms with Gasteiger partial charge in [-0.15, -0.1) is 0 Å². The van der Waals surface area contributed by atoms with Crippen molar-refractivity contribution in [2.24, 2.45) is 0 Å². The van der Waals surface area contributed by atoms with Crippen LogP contribution in [0.25, 0.3) is 11.3 Å². The zero-order valence-electron chi connectivity index (χ0n) is 14.6. The summed E-state index contributed by atoms with van der Waals surface area (Å²) < 4.78 is 1.17. The summed E-state index contributed by atoms with van der Waals surface area (Å²) in [4.78, 5) is 19.6. The first-order valence-corrected chi connectivity index (χ1v) is 15.1. The summed E-state index contributed by atoms with van der Waals surface area (Å²) >= 11 is -2.18. The molecule has 0 aliphatic rings. The molecule has 24 heavy (non-hydrogen) atoms. The molecule has 0 saturated carbocycles. The van der Waals surface area contributed by atoms with E-state index in [4.69, 9.17) is 5.26 Å². The first-order chi connectivity index (χ1) is 11.0. The third kappa shape index (κ3) is 4.03. The molecule has 0 spiro atoms. The van der Waals surface area contributed by atoms with Crippen LogP contribution >= 0.6 is 0 Å². The van der Waals surface area contributed by atoms with Crippen LogP contribution in [0, 0.1) is 0 Å². The van der Waals surface area contributed by atoms with Crippen molar-refractivity contribution < 1.29 is 20.0 Å². The van der Waals surface area contributed by atoms with Gasteiger partial charge in [-0.05, 0) is 0 Å². The van der Waals surface area contributed by atoms with Gasteiger partial charge in [0.15, 0.2) is 0 Å². The number of pyridine rings is 1. The summed E-state index contributed by atoms with van der Waals surface area (Å²) in [6.07, 6.45) is 1.87. The van der Waals surface area contributed by atoms with Crippen LogP contribution in [0.2, 0.25) is 17.3 Å². The fraction of sp³-hybridized carbons (Fsp3) is 0.333. The molecule has 6 heteroatoms. The molecule has 0 unspecified atom stereocenters. The molecule has 0 fully saturated rings. The van der Waals surface area contributed by atoms with Crippen LogP contribution in [-0.2, 0) is 10.5 Å². The van der Waals surface area contributed by atoms with Crippen molar-refractivity contribution >= 4 is 23.6 Å². The number of nitrogens with zero attached hydrogens (tertiary/aromatic N) is 1. The Bertz CT molecular complexity index is 743. The van der Waals surface area contributed by atoms with Crippen molar-refractivity contribution in [3.05, 3.63) is 47.7 Å². The van der Waals surface area contributed by atoms with Gasteiger partial charge in [0.05, 0.1) is 0 Å². The van der Waals surface area contributed by atoms with E-state index in [2.05, 4.69) is 27.1 Å². The van der Waals surface area contributed by atoms with Crippen molar-refractivity contribution in [3.63, 3.8) is 0 Å². The minimum absolute atomic E-state index is 0.255. The molecular formula is C18H23GeNO4. The zero-order valence-corrected chi connectivity index (χ0v) is 16.7. The zero-order chi connectivity index (χ0) is 18.1. The normalized spacial score (nSPS) is 12.1. The number of carbonyl (C=O) groups is 1. The van der Waals surface area contributed by atoms with E-state index in [-0.39, 0.29) is 5.56 Å². The molecule has 128 valence electrons. The number of aromatic nitrogens is 1. The second kappa shape index (κ2) is 6.66. The van der Waals surface area contributed by atoms with Gasteiger partial charge in [-0.3, -0.25) is 0 Å².